The molecule has 1 aromatic carbocycles. The van der Waals surface area contributed by atoms with E-state index in [-0.39, 0.29) is 5.56 Å². The van der Waals surface area contributed by atoms with Crippen LogP contribution in [-0.2, 0) is 12.8 Å². The molecule has 2 rings (SSSR count). The van der Waals surface area contributed by atoms with Crippen LogP contribution in [-0.4, -0.2) is 4.98 Å². The van der Waals surface area contributed by atoms with Crippen molar-refractivity contribution in [1.29, 1.82) is 0 Å². The summed E-state index contributed by atoms with van der Waals surface area (Å²) in [7, 11) is 0. The molecule has 0 saturated heterocycles. The Morgan fingerprint density at radius 3 is 2.50 bits per heavy atom. The summed E-state index contributed by atoms with van der Waals surface area (Å²) in [5.41, 5.74) is 1.99. The fourth-order valence-corrected chi connectivity index (χ4v) is 1.85. The topological polar surface area (TPSA) is 32.9 Å². The summed E-state index contributed by atoms with van der Waals surface area (Å²) in [4.78, 5) is 14.0. The number of aromatic nitrogens is 1. The highest BCUT2D eigenvalue weighted by Gasteiger charge is 1.98. The van der Waals surface area contributed by atoms with Crippen LogP contribution in [0.4, 0.5) is 0 Å². The summed E-state index contributed by atoms with van der Waals surface area (Å²) in [6, 6.07) is 13.3. The number of nitrogens with one attached hydrogen (secondary N) is 1. The van der Waals surface area contributed by atoms with E-state index in [1.54, 1.807) is 6.07 Å². The summed E-state index contributed by atoms with van der Waals surface area (Å²) in [6.07, 6.45) is 1.69. The van der Waals surface area contributed by atoms with Crippen molar-refractivity contribution in [3.05, 3.63) is 69.1 Å². The molecule has 0 radical (unpaired) electrons. The minimum absolute atomic E-state index is 0.143. The molecule has 0 spiro atoms. The van der Waals surface area contributed by atoms with Crippen LogP contribution < -0.4 is 5.56 Å². The summed E-state index contributed by atoms with van der Waals surface area (Å²) in [5, 5.41) is 0.492. The van der Waals surface area contributed by atoms with E-state index in [1.165, 1.54) is 11.6 Å². The third-order valence-corrected chi connectivity index (χ3v) is 2.61. The maximum atomic E-state index is 11.2. The van der Waals surface area contributed by atoms with Crippen LogP contribution in [0.25, 0.3) is 0 Å². The van der Waals surface area contributed by atoms with E-state index < -0.39 is 0 Å². The zero-order chi connectivity index (χ0) is 11.4. The molecule has 3 heteroatoms. The Labute approximate surface area is 98.9 Å². The molecular weight excluding hydrogens is 222 g/mol. The Morgan fingerprint density at radius 2 is 1.81 bits per heavy atom. The third-order valence-electron chi connectivity index (χ3n) is 2.39. The lowest BCUT2D eigenvalue weighted by atomic mass is 10.1. The fraction of sp³-hybridized carbons (Fsp3) is 0.154. The molecule has 0 fully saturated rings. The largest absolute Gasteiger partial charge is 0.326 e. The van der Waals surface area contributed by atoms with Crippen LogP contribution >= 0.6 is 11.6 Å². The number of aromatic amines is 1. The zero-order valence-corrected chi connectivity index (χ0v) is 9.50. The second kappa shape index (κ2) is 4.99. The number of pyridine rings is 1. The molecule has 0 bridgehead atoms. The van der Waals surface area contributed by atoms with Crippen LogP contribution in [0.1, 0.15) is 11.3 Å². The lowest BCUT2D eigenvalue weighted by Gasteiger charge is -2.02. The Bertz CT molecular complexity index is 519. The number of rotatable bonds is 3. The average molecular weight is 234 g/mol. The molecule has 1 N–H and O–H groups in total. The van der Waals surface area contributed by atoms with E-state index >= 15 is 0 Å². The first-order valence-corrected chi connectivity index (χ1v) is 5.54. The van der Waals surface area contributed by atoms with Crippen molar-refractivity contribution in [2.45, 2.75) is 12.8 Å². The van der Waals surface area contributed by atoms with Gasteiger partial charge < -0.3 is 4.98 Å². The second-order valence-corrected chi connectivity index (χ2v) is 4.11. The molecule has 0 unspecified atom stereocenters. The summed E-state index contributed by atoms with van der Waals surface area (Å²) < 4.78 is 0. The van der Waals surface area contributed by atoms with Crippen molar-refractivity contribution >= 4 is 11.6 Å². The van der Waals surface area contributed by atoms with Gasteiger partial charge in [0.1, 0.15) is 0 Å². The number of hydrogen-bond donors (Lipinski definition) is 1. The first-order valence-electron chi connectivity index (χ1n) is 5.17. The van der Waals surface area contributed by atoms with Gasteiger partial charge in [0.15, 0.2) is 0 Å². The fourth-order valence-electron chi connectivity index (χ4n) is 1.62. The predicted molar refractivity (Wildman–Crippen MR) is 65.9 cm³/mol. The number of aryl methyl sites for hydroxylation is 2. The van der Waals surface area contributed by atoms with Gasteiger partial charge in [-0.1, -0.05) is 41.9 Å². The van der Waals surface area contributed by atoms with Gasteiger partial charge in [-0.15, -0.1) is 0 Å². The molecule has 2 aromatic rings. The SMILES string of the molecule is O=c1cc(Cl)cc(CCc2ccccc2)[nH]1. The van der Waals surface area contributed by atoms with Crippen LogP contribution in [0.5, 0.6) is 0 Å². The van der Waals surface area contributed by atoms with Crippen molar-refractivity contribution in [2.24, 2.45) is 0 Å². The van der Waals surface area contributed by atoms with Crippen molar-refractivity contribution < 1.29 is 0 Å². The maximum Gasteiger partial charge on any atom is 0.249 e. The first kappa shape index (κ1) is 11.0. The Hall–Kier alpha value is -1.54. The Balaban J connectivity index is 2.08. The van der Waals surface area contributed by atoms with Crippen molar-refractivity contribution in [3.63, 3.8) is 0 Å². The van der Waals surface area contributed by atoms with Gasteiger partial charge in [0.25, 0.3) is 0 Å². The molecule has 0 aliphatic heterocycles. The standard InChI is InChI=1S/C13H12ClNO/c14-11-8-12(15-13(16)9-11)7-6-10-4-2-1-3-5-10/h1-5,8-9H,6-7H2,(H,15,16). The van der Waals surface area contributed by atoms with Crippen LogP contribution in [0.15, 0.2) is 47.3 Å². The lowest BCUT2D eigenvalue weighted by Crippen LogP contribution is -2.07. The van der Waals surface area contributed by atoms with Crippen molar-refractivity contribution in [2.75, 3.05) is 0 Å². The Kier molecular flexibility index (Phi) is 3.42. The summed E-state index contributed by atoms with van der Waals surface area (Å²) in [5.74, 6) is 0. The maximum absolute atomic E-state index is 11.2. The van der Waals surface area contributed by atoms with Gasteiger partial charge in [-0.2, -0.15) is 0 Å². The smallest absolute Gasteiger partial charge is 0.249 e. The van der Waals surface area contributed by atoms with Crippen LogP contribution in [0.3, 0.4) is 0 Å². The van der Waals surface area contributed by atoms with Crippen LogP contribution in [0, 0.1) is 0 Å². The molecular formula is C13H12ClNO. The van der Waals surface area contributed by atoms with Gasteiger partial charge in [0.2, 0.25) is 5.56 Å². The normalized spacial score (nSPS) is 10.3. The molecule has 0 aliphatic rings. The van der Waals surface area contributed by atoms with Gasteiger partial charge in [-0.3, -0.25) is 4.79 Å². The molecule has 0 atom stereocenters. The van der Waals surface area contributed by atoms with Crippen LogP contribution in [0.2, 0.25) is 5.02 Å². The minimum atomic E-state index is -0.143. The van der Waals surface area contributed by atoms with E-state index in [4.69, 9.17) is 11.6 Å². The highest BCUT2D eigenvalue weighted by atomic mass is 35.5. The van der Waals surface area contributed by atoms with E-state index in [1.807, 2.05) is 18.2 Å². The summed E-state index contributed by atoms with van der Waals surface area (Å²) in [6.45, 7) is 0. The van der Waals surface area contributed by atoms with E-state index in [0.29, 0.717) is 5.02 Å². The van der Waals surface area contributed by atoms with Gasteiger partial charge in [-0.05, 0) is 24.5 Å². The molecule has 0 saturated carbocycles. The molecule has 1 heterocycles. The van der Waals surface area contributed by atoms with Crippen molar-refractivity contribution in [3.8, 4) is 0 Å². The third kappa shape index (κ3) is 2.97. The number of H-pyrrole nitrogens is 1. The monoisotopic (exact) mass is 233 g/mol. The Morgan fingerprint density at radius 1 is 1.06 bits per heavy atom. The average Bonchev–Trinajstić information content (AvgIpc) is 2.27. The molecule has 2 nitrogen and oxygen atoms in total. The number of halogens is 1. The molecule has 0 aliphatic carbocycles. The summed E-state index contributed by atoms with van der Waals surface area (Å²) >= 11 is 5.81. The highest BCUT2D eigenvalue weighted by molar-refractivity contribution is 6.30. The van der Waals surface area contributed by atoms with Crippen molar-refractivity contribution in [1.82, 2.24) is 4.98 Å². The van der Waals surface area contributed by atoms with E-state index in [9.17, 15) is 4.79 Å². The number of hydrogen-bond acceptors (Lipinski definition) is 1. The lowest BCUT2D eigenvalue weighted by molar-refractivity contribution is 0.904. The van der Waals surface area contributed by atoms with Gasteiger partial charge >= 0.3 is 0 Å². The number of benzene rings is 1. The zero-order valence-electron chi connectivity index (χ0n) is 8.74. The highest BCUT2D eigenvalue weighted by Crippen LogP contribution is 2.08. The first-order chi connectivity index (χ1) is 7.74. The van der Waals surface area contributed by atoms with Gasteiger partial charge in [0.05, 0.1) is 0 Å². The minimum Gasteiger partial charge on any atom is -0.326 e. The molecule has 82 valence electrons. The molecule has 16 heavy (non-hydrogen) atoms. The quantitative estimate of drug-likeness (QED) is 0.869. The second-order valence-electron chi connectivity index (χ2n) is 3.67. The van der Waals surface area contributed by atoms with Gasteiger partial charge in [0, 0.05) is 16.8 Å². The van der Waals surface area contributed by atoms with E-state index in [2.05, 4.69) is 17.1 Å². The molecule has 0 amide bonds. The molecule has 1 aromatic heterocycles. The van der Waals surface area contributed by atoms with E-state index in [0.717, 1.165) is 18.5 Å². The van der Waals surface area contributed by atoms with Gasteiger partial charge in [-0.25, -0.2) is 0 Å². The predicted octanol–water partition coefficient (Wildman–Crippen LogP) is 2.81.